The van der Waals surface area contributed by atoms with Gasteiger partial charge in [0.1, 0.15) is 16.5 Å². The first kappa shape index (κ1) is 17.2. The molecule has 8 heteroatoms. The molecule has 0 bridgehead atoms. The first-order valence-electron chi connectivity index (χ1n) is 7.68. The predicted molar refractivity (Wildman–Crippen MR) is 91.8 cm³/mol. The van der Waals surface area contributed by atoms with Crippen LogP contribution in [0.25, 0.3) is 11.4 Å². The number of hydrogen-bond acceptors (Lipinski definition) is 4. The summed E-state index contributed by atoms with van der Waals surface area (Å²) in [6, 6.07) is 13.0. The highest BCUT2D eigenvalue weighted by Gasteiger charge is 2.18. The van der Waals surface area contributed by atoms with Crippen LogP contribution >= 0.6 is 0 Å². The second-order valence-corrected chi connectivity index (χ2v) is 7.29. The highest BCUT2D eigenvalue weighted by Crippen LogP contribution is 2.15. The Balaban J connectivity index is 1.63. The van der Waals surface area contributed by atoms with Gasteiger partial charge >= 0.3 is 0 Å². The molecular formula is C17H17FN4O2S. The lowest BCUT2D eigenvalue weighted by molar-refractivity contribution is 0.556. The highest BCUT2D eigenvalue weighted by molar-refractivity contribution is 7.89. The number of nitrogens with zero attached hydrogens (tertiary/aromatic N) is 2. The van der Waals surface area contributed by atoms with E-state index >= 15 is 0 Å². The summed E-state index contributed by atoms with van der Waals surface area (Å²) >= 11 is 0. The van der Waals surface area contributed by atoms with Gasteiger partial charge in [0.15, 0.2) is 5.82 Å². The molecule has 0 fully saturated rings. The number of aromatic nitrogens is 3. The van der Waals surface area contributed by atoms with Crippen molar-refractivity contribution in [2.24, 2.45) is 0 Å². The monoisotopic (exact) mass is 360 g/mol. The van der Waals surface area contributed by atoms with Crippen LogP contribution in [0, 0.1) is 12.7 Å². The Morgan fingerprint density at radius 2 is 1.84 bits per heavy atom. The molecule has 0 aliphatic rings. The van der Waals surface area contributed by atoms with Gasteiger partial charge in [0.05, 0.1) is 0 Å². The molecule has 25 heavy (non-hydrogen) atoms. The topological polar surface area (TPSA) is 87.7 Å². The number of aryl methyl sites for hydroxylation is 1. The average molecular weight is 360 g/mol. The van der Waals surface area contributed by atoms with Crippen LogP contribution in [-0.4, -0.2) is 30.1 Å². The third-order valence-electron chi connectivity index (χ3n) is 3.62. The lowest BCUT2D eigenvalue weighted by Crippen LogP contribution is -2.27. The highest BCUT2D eigenvalue weighted by atomic mass is 32.2. The molecule has 0 aliphatic carbocycles. The molecular weight excluding hydrogens is 343 g/mol. The van der Waals surface area contributed by atoms with Crippen molar-refractivity contribution in [3.63, 3.8) is 0 Å². The van der Waals surface area contributed by atoms with Crippen molar-refractivity contribution in [1.29, 1.82) is 0 Å². The summed E-state index contributed by atoms with van der Waals surface area (Å²) in [5.41, 5.74) is 2.02. The summed E-state index contributed by atoms with van der Waals surface area (Å²) in [6.07, 6.45) is 0.312. The molecule has 3 rings (SSSR count). The molecule has 6 nitrogen and oxygen atoms in total. The van der Waals surface area contributed by atoms with E-state index in [0.29, 0.717) is 18.1 Å². The fraction of sp³-hybridized carbons (Fsp3) is 0.176. The van der Waals surface area contributed by atoms with Crippen LogP contribution in [0.1, 0.15) is 11.4 Å². The van der Waals surface area contributed by atoms with Gasteiger partial charge in [0.2, 0.25) is 10.0 Å². The minimum absolute atomic E-state index is 0.0825. The Kier molecular flexibility index (Phi) is 4.91. The molecule has 0 saturated heterocycles. The molecule has 2 aromatic carbocycles. The summed E-state index contributed by atoms with van der Waals surface area (Å²) in [5, 5.41) is 6.92. The SMILES string of the molecule is Cc1ccc(-c2n[nH]c(CCNS(=O)(=O)c3ccccc3F)n2)cc1. The number of sulfonamides is 1. The number of H-pyrrole nitrogens is 1. The van der Waals surface area contributed by atoms with Crippen molar-refractivity contribution < 1.29 is 12.8 Å². The van der Waals surface area contributed by atoms with Crippen molar-refractivity contribution in [3.05, 3.63) is 65.7 Å². The van der Waals surface area contributed by atoms with Crippen LogP contribution < -0.4 is 4.72 Å². The molecule has 0 saturated carbocycles. The number of hydrogen-bond donors (Lipinski definition) is 2. The van der Waals surface area contributed by atoms with E-state index in [1.165, 1.54) is 18.2 Å². The summed E-state index contributed by atoms with van der Waals surface area (Å²) < 4.78 is 40.2. The zero-order valence-electron chi connectivity index (χ0n) is 13.5. The van der Waals surface area contributed by atoms with Crippen molar-refractivity contribution in [2.45, 2.75) is 18.2 Å². The summed E-state index contributed by atoms with van der Waals surface area (Å²) in [5.74, 6) is 0.315. The van der Waals surface area contributed by atoms with E-state index in [9.17, 15) is 12.8 Å². The second kappa shape index (κ2) is 7.12. The quantitative estimate of drug-likeness (QED) is 0.707. The van der Waals surface area contributed by atoms with Gasteiger partial charge < -0.3 is 0 Å². The lowest BCUT2D eigenvalue weighted by Gasteiger charge is -2.06. The van der Waals surface area contributed by atoms with Gasteiger partial charge in [-0.2, -0.15) is 5.10 Å². The average Bonchev–Trinajstić information content (AvgIpc) is 3.04. The van der Waals surface area contributed by atoms with Crippen LogP contribution in [0.4, 0.5) is 4.39 Å². The van der Waals surface area contributed by atoms with Gasteiger partial charge in [-0.1, -0.05) is 42.0 Å². The Morgan fingerprint density at radius 3 is 2.56 bits per heavy atom. The Labute approximate surface area is 145 Å². The smallest absolute Gasteiger partial charge is 0.243 e. The lowest BCUT2D eigenvalue weighted by atomic mass is 10.1. The van der Waals surface area contributed by atoms with Crippen LogP contribution in [0.5, 0.6) is 0 Å². The maximum atomic E-state index is 13.6. The molecule has 2 N–H and O–H groups in total. The number of nitrogens with one attached hydrogen (secondary N) is 2. The van der Waals surface area contributed by atoms with Crippen LogP contribution in [-0.2, 0) is 16.4 Å². The van der Waals surface area contributed by atoms with E-state index in [2.05, 4.69) is 19.9 Å². The molecule has 0 amide bonds. The van der Waals surface area contributed by atoms with Crippen LogP contribution in [0.2, 0.25) is 0 Å². The van der Waals surface area contributed by atoms with E-state index in [4.69, 9.17) is 0 Å². The zero-order chi connectivity index (χ0) is 17.9. The Morgan fingerprint density at radius 1 is 1.12 bits per heavy atom. The first-order chi connectivity index (χ1) is 12.0. The third kappa shape index (κ3) is 4.09. The predicted octanol–water partition coefficient (Wildman–Crippen LogP) is 2.44. The zero-order valence-corrected chi connectivity index (χ0v) is 14.3. The van der Waals surface area contributed by atoms with E-state index in [1.54, 1.807) is 0 Å². The van der Waals surface area contributed by atoms with E-state index in [1.807, 2.05) is 31.2 Å². The van der Waals surface area contributed by atoms with Crippen molar-refractivity contribution >= 4 is 10.0 Å². The van der Waals surface area contributed by atoms with Gasteiger partial charge in [-0.15, -0.1) is 0 Å². The number of halogens is 1. The Hall–Kier alpha value is -2.58. The Bertz CT molecular complexity index is 968. The minimum Gasteiger partial charge on any atom is -0.263 e. The van der Waals surface area contributed by atoms with Gasteiger partial charge in [-0.05, 0) is 19.1 Å². The van der Waals surface area contributed by atoms with Crippen LogP contribution in [0.15, 0.2) is 53.4 Å². The largest absolute Gasteiger partial charge is 0.263 e. The fourth-order valence-electron chi connectivity index (χ4n) is 2.28. The molecule has 130 valence electrons. The summed E-state index contributed by atoms with van der Waals surface area (Å²) in [6.45, 7) is 2.08. The molecule has 1 aromatic heterocycles. The number of aromatic amines is 1. The fourth-order valence-corrected chi connectivity index (χ4v) is 3.39. The number of benzene rings is 2. The van der Waals surface area contributed by atoms with E-state index in [0.717, 1.165) is 17.2 Å². The third-order valence-corrected chi connectivity index (χ3v) is 5.12. The van der Waals surface area contributed by atoms with Gasteiger partial charge in [0.25, 0.3) is 0 Å². The molecule has 0 atom stereocenters. The van der Waals surface area contributed by atoms with Gasteiger partial charge in [-0.3, -0.25) is 5.10 Å². The molecule has 3 aromatic rings. The van der Waals surface area contributed by atoms with Gasteiger partial charge in [0, 0.05) is 18.5 Å². The molecule has 0 unspecified atom stereocenters. The summed E-state index contributed by atoms with van der Waals surface area (Å²) in [4.78, 5) is 3.98. The normalized spacial score (nSPS) is 11.6. The van der Waals surface area contributed by atoms with Crippen LogP contribution in [0.3, 0.4) is 0 Å². The van der Waals surface area contributed by atoms with Crippen molar-refractivity contribution in [1.82, 2.24) is 19.9 Å². The van der Waals surface area contributed by atoms with Crippen molar-refractivity contribution in [3.8, 4) is 11.4 Å². The minimum atomic E-state index is -3.90. The maximum Gasteiger partial charge on any atom is 0.243 e. The van der Waals surface area contributed by atoms with E-state index < -0.39 is 15.8 Å². The maximum absolute atomic E-state index is 13.6. The first-order valence-corrected chi connectivity index (χ1v) is 9.16. The molecule has 0 aliphatic heterocycles. The summed E-state index contributed by atoms with van der Waals surface area (Å²) in [7, 11) is -3.90. The standard InChI is InChI=1S/C17H17FN4O2S/c1-12-6-8-13(9-7-12)17-20-16(21-22-17)10-11-19-25(23,24)15-5-3-2-4-14(15)18/h2-9,19H,10-11H2,1H3,(H,20,21,22). The second-order valence-electron chi connectivity index (χ2n) is 5.55. The van der Waals surface area contributed by atoms with Gasteiger partial charge in [-0.25, -0.2) is 22.5 Å². The number of rotatable bonds is 6. The molecule has 0 spiro atoms. The van der Waals surface area contributed by atoms with Crippen molar-refractivity contribution in [2.75, 3.05) is 6.54 Å². The molecule has 1 heterocycles. The molecule has 0 radical (unpaired) electrons. The van der Waals surface area contributed by atoms with E-state index in [-0.39, 0.29) is 11.4 Å².